The van der Waals surface area contributed by atoms with E-state index >= 15 is 0 Å². The number of Topliss-reactive ketones (excluding diaryl/α,β-unsaturated/α-hetero) is 1. The molecule has 1 heterocycles. The van der Waals surface area contributed by atoms with Crippen molar-refractivity contribution in [2.45, 2.75) is 26.2 Å². The van der Waals surface area contributed by atoms with Crippen molar-refractivity contribution in [3.05, 3.63) is 12.2 Å². The lowest BCUT2D eigenvalue weighted by Gasteiger charge is -2.05. The van der Waals surface area contributed by atoms with Gasteiger partial charge in [-0.25, -0.2) is 4.98 Å². The summed E-state index contributed by atoms with van der Waals surface area (Å²) in [7, 11) is 1.81. The molecule has 0 N–H and O–H groups in total. The molecule has 2 rings (SSSR count). The van der Waals surface area contributed by atoms with E-state index in [4.69, 9.17) is 0 Å². The smallest absolute Gasteiger partial charge is 0.146 e. The number of ketones is 1. The molecule has 4 nitrogen and oxygen atoms in total. The predicted octanol–water partition coefficient (Wildman–Crippen LogP) is 0.727. The number of carbonyl (C=O) groups is 1. The standard InChI is InChI=1S/C9H13N3O/c1-9(3-4-9)7(13)5-8-10-6-11-12(8)2/h6H,3-5H2,1-2H3. The third kappa shape index (κ3) is 1.48. The molecule has 0 amide bonds. The van der Waals surface area contributed by atoms with Crippen molar-refractivity contribution in [3.63, 3.8) is 0 Å². The molecule has 0 atom stereocenters. The van der Waals surface area contributed by atoms with Crippen LogP contribution in [0.5, 0.6) is 0 Å². The average molecular weight is 179 g/mol. The van der Waals surface area contributed by atoms with E-state index in [-0.39, 0.29) is 5.41 Å². The van der Waals surface area contributed by atoms with Crippen LogP contribution in [-0.2, 0) is 18.3 Å². The highest BCUT2D eigenvalue weighted by Gasteiger charge is 2.44. The summed E-state index contributed by atoms with van der Waals surface area (Å²) < 4.78 is 1.66. The zero-order valence-electron chi connectivity index (χ0n) is 7.95. The minimum atomic E-state index is -0.0497. The zero-order valence-corrected chi connectivity index (χ0v) is 7.95. The molecule has 0 spiro atoms. The molecule has 13 heavy (non-hydrogen) atoms. The van der Waals surface area contributed by atoms with Crippen LogP contribution in [0.4, 0.5) is 0 Å². The Labute approximate surface area is 77.0 Å². The molecular weight excluding hydrogens is 166 g/mol. The summed E-state index contributed by atoms with van der Waals surface area (Å²) in [4.78, 5) is 15.7. The number of carbonyl (C=O) groups excluding carboxylic acids is 1. The van der Waals surface area contributed by atoms with Crippen LogP contribution >= 0.6 is 0 Å². The number of aromatic nitrogens is 3. The number of aryl methyl sites for hydroxylation is 1. The molecule has 0 radical (unpaired) electrons. The first kappa shape index (κ1) is 8.41. The lowest BCUT2D eigenvalue weighted by Crippen LogP contribution is -2.17. The van der Waals surface area contributed by atoms with E-state index in [1.165, 1.54) is 6.33 Å². The third-order valence-electron chi connectivity index (χ3n) is 2.80. The largest absolute Gasteiger partial charge is 0.299 e. The molecular formula is C9H13N3O. The Bertz CT molecular complexity index is 338. The molecule has 70 valence electrons. The first-order valence-electron chi connectivity index (χ1n) is 4.48. The van der Waals surface area contributed by atoms with Crippen molar-refractivity contribution in [3.8, 4) is 0 Å². The summed E-state index contributed by atoms with van der Waals surface area (Å²) in [6.45, 7) is 2.02. The monoisotopic (exact) mass is 179 g/mol. The van der Waals surface area contributed by atoms with Gasteiger partial charge in [-0.1, -0.05) is 6.92 Å². The summed E-state index contributed by atoms with van der Waals surface area (Å²) in [5.74, 6) is 1.06. The van der Waals surface area contributed by atoms with E-state index < -0.39 is 0 Å². The van der Waals surface area contributed by atoms with Crippen molar-refractivity contribution in [1.29, 1.82) is 0 Å². The maximum atomic E-state index is 11.7. The minimum absolute atomic E-state index is 0.0497. The number of hydrogen-bond acceptors (Lipinski definition) is 3. The van der Waals surface area contributed by atoms with Gasteiger partial charge in [-0.05, 0) is 12.8 Å². The van der Waals surface area contributed by atoms with Crippen LogP contribution in [0.2, 0.25) is 0 Å². The maximum Gasteiger partial charge on any atom is 0.146 e. The van der Waals surface area contributed by atoms with Gasteiger partial charge in [0.05, 0.1) is 6.42 Å². The normalized spacial score (nSPS) is 18.6. The summed E-state index contributed by atoms with van der Waals surface area (Å²) in [5, 5.41) is 3.93. The molecule has 1 saturated carbocycles. The molecule has 0 saturated heterocycles. The molecule has 1 aromatic heterocycles. The number of hydrogen-bond donors (Lipinski definition) is 0. The van der Waals surface area contributed by atoms with Crippen LogP contribution in [0, 0.1) is 5.41 Å². The lowest BCUT2D eigenvalue weighted by atomic mass is 10.0. The van der Waals surface area contributed by atoms with Crippen LogP contribution in [-0.4, -0.2) is 20.5 Å². The Morgan fingerprint density at radius 3 is 2.85 bits per heavy atom. The first-order chi connectivity index (χ1) is 6.12. The van der Waals surface area contributed by atoms with Crippen LogP contribution in [0.1, 0.15) is 25.6 Å². The summed E-state index contributed by atoms with van der Waals surface area (Å²) >= 11 is 0. The molecule has 0 bridgehead atoms. The van der Waals surface area contributed by atoms with Gasteiger partial charge in [0.25, 0.3) is 0 Å². The fourth-order valence-electron chi connectivity index (χ4n) is 1.30. The van der Waals surface area contributed by atoms with Gasteiger partial charge in [0.2, 0.25) is 0 Å². The number of nitrogens with zero attached hydrogens (tertiary/aromatic N) is 3. The molecule has 4 heteroatoms. The van der Waals surface area contributed by atoms with Crippen molar-refractivity contribution in [2.24, 2.45) is 12.5 Å². The van der Waals surface area contributed by atoms with E-state index in [1.807, 2.05) is 14.0 Å². The van der Waals surface area contributed by atoms with Gasteiger partial charge in [-0.3, -0.25) is 9.48 Å². The Morgan fingerprint density at radius 1 is 1.69 bits per heavy atom. The average Bonchev–Trinajstić information content (AvgIpc) is 2.72. The zero-order chi connectivity index (χ0) is 9.47. The van der Waals surface area contributed by atoms with Crippen LogP contribution in [0.25, 0.3) is 0 Å². The van der Waals surface area contributed by atoms with Crippen LogP contribution in [0.15, 0.2) is 6.33 Å². The molecule has 0 aromatic carbocycles. The first-order valence-corrected chi connectivity index (χ1v) is 4.48. The van der Waals surface area contributed by atoms with Gasteiger partial charge in [-0.15, -0.1) is 0 Å². The van der Waals surface area contributed by atoms with Gasteiger partial charge >= 0.3 is 0 Å². The second-order valence-electron chi connectivity index (χ2n) is 3.96. The Hall–Kier alpha value is -1.19. The highest BCUT2D eigenvalue weighted by molar-refractivity contribution is 5.88. The van der Waals surface area contributed by atoms with Crippen molar-refractivity contribution in [1.82, 2.24) is 14.8 Å². The van der Waals surface area contributed by atoms with E-state index in [2.05, 4.69) is 10.1 Å². The molecule has 1 aliphatic rings. The van der Waals surface area contributed by atoms with E-state index in [1.54, 1.807) is 4.68 Å². The van der Waals surface area contributed by atoms with Gasteiger partial charge < -0.3 is 0 Å². The fraction of sp³-hybridized carbons (Fsp3) is 0.667. The maximum absolute atomic E-state index is 11.7. The van der Waals surface area contributed by atoms with Gasteiger partial charge in [0, 0.05) is 12.5 Å². The Morgan fingerprint density at radius 2 is 2.38 bits per heavy atom. The van der Waals surface area contributed by atoms with Crippen LogP contribution in [0.3, 0.4) is 0 Å². The Balaban J connectivity index is 2.06. The quantitative estimate of drug-likeness (QED) is 0.687. The summed E-state index contributed by atoms with van der Waals surface area (Å²) in [6, 6.07) is 0. The fourth-order valence-corrected chi connectivity index (χ4v) is 1.30. The molecule has 1 aromatic rings. The molecule has 0 unspecified atom stereocenters. The Kier molecular flexibility index (Phi) is 1.71. The van der Waals surface area contributed by atoms with Gasteiger partial charge in [-0.2, -0.15) is 5.10 Å². The highest BCUT2D eigenvalue weighted by atomic mass is 16.1. The predicted molar refractivity (Wildman–Crippen MR) is 47.1 cm³/mol. The van der Waals surface area contributed by atoms with Gasteiger partial charge in [0.15, 0.2) is 0 Å². The summed E-state index contributed by atoms with van der Waals surface area (Å²) in [5.41, 5.74) is -0.0497. The van der Waals surface area contributed by atoms with Crippen molar-refractivity contribution >= 4 is 5.78 Å². The molecule has 1 fully saturated rings. The summed E-state index contributed by atoms with van der Waals surface area (Å²) in [6.07, 6.45) is 3.97. The van der Waals surface area contributed by atoms with E-state index in [9.17, 15) is 4.79 Å². The van der Waals surface area contributed by atoms with E-state index in [0.29, 0.717) is 12.2 Å². The highest BCUT2D eigenvalue weighted by Crippen LogP contribution is 2.46. The van der Waals surface area contributed by atoms with E-state index in [0.717, 1.165) is 18.7 Å². The second kappa shape index (κ2) is 2.65. The van der Waals surface area contributed by atoms with Crippen molar-refractivity contribution in [2.75, 3.05) is 0 Å². The third-order valence-corrected chi connectivity index (χ3v) is 2.80. The minimum Gasteiger partial charge on any atom is -0.299 e. The second-order valence-corrected chi connectivity index (χ2v) is 3.96. The topological polar surface area (TPSA) is 47.8 Å². The van der Waals surface area contributed by atoms with Crippen LogP contribution < -0.4 is 0 Å². The van der Waals surface area contributed by atoms with Gasteiger partial charge in [0.1, 0.15) is 17.9 Å². The molecule has 0 aliphatic heterocycles. The SMILES string of the molecule is Cn1ncnc1CC(=O)C1(C)CC1. The lowest BCUT2D eigenvalue weighted by molar-refractivity contribution is -0.123. The molecule has 1 aliphatic carbocycles. The number of rotatable bonds is 3. The van der Waals surface area contributed by atoms with Crippen molar-refractivity contribution < 1.29 is 4.79 Å².